The molecule has 4 rings (SSSR count). The minimum Gasteiger partial charge on any atom is -0.207 e. The molecule has 0 aliphatic heterocycles. The quantitative estimate of drug-likeness (QED) is 0.389. The van der Waals surface area contributed by atoms with E-state index in [9.17, 15) is 4.39 Å². The molecule has 3 aromatic rings. The second kappa shape index (κ2) is 8.43. The van der Waals surface area contributed by atoms with Gasteiger partial charge in [-0.2, -0.15) is 0 Å². The highest BCUT2D eigenvalue weighted by Gasteiger charge is 2.23. The van der Waals surface area contributed by atoms with Gasteiger partial charge in [-0.3, -0.25) is 0 Å². The molecular weight excluding hydrogens is 350 g/mol. The van der Waals surface area contributed by atoms with E-state index in [-0.39, 0.29) is 17.6 Å². The first-order valence-corrected chi connectivity index (χ1v) is 10.6. The standard InChI is InChI=1S/C26H28F2/c1-2-3-4-5-6-18-7-13-24-20(15-18)11-14-25(26(24)28)21-9-8-19-10-12-23(27)17-22(19)16-21/h7,10-15,17,21H,2-6,8-9,16H2,1H3. The molecule has 0 amide bonds. The number of halogens is 2. The van der Waals surface area contributed by atoms with E-state index in [1.807, 2.05) is 18.2 Å². The van der Waals surface area contributed by atoms with Crippen molar-refractivity contribution in [1.29, 1.82) is 0 Å². The van der Waals surface area contributed by atoms with Gasteiger partial charge in [0.25, 0.3) is 0 Å². The molecular formula is C26H28F2. The zero-order valence-electron chi connectivity index (χ0n) is 16.6. The van der Waals surface area contributed by atoms with E-state index >= 15 is 4.39 Å². The SMILES string of the molecule is CCCCCCc1ccc2c(F)c(C3CCc4ccc(F)cc4C3)ccc2c1. The van der Waals surface area contributed by atoms with Crippen LogP contribution in [0.25, 0.3) is 10.8 Å². The Hall–Kier alpha value is -2.22. The molecule has 0 radical (unpaired) electrons. The molecule has 3 aromatic carbocycles. The summed E-state index contributed by atoms with van der Waals surface area (Å²) >= 11 is 0. The Morgan fingerprint density at radius 2 is 1.79 bits per heavy atom. The predicted molar refractivity (Wildman–Crippen MR) is 113 cm³/mol. The number of hydrogen-bond acceptors (Lipinski definition) is 0. The fourth-order valence-electron chi connectivity index (χ4n) is 4.58. The highest BCUT2D eigenvalue weighted by molar-refractivity contribution is 5.84. The van der Waals surface area contributed by atoms with Crippen LogP contribution in [-0.4, -0.2) is 0 Å². The topological polar surface area (TPSA) is 0 Å². The zero-order chi connectivity index (χ0) is 19.5. The Morgan fingerprint density at radius 1 is 0.893 bits per heavy atom. The molecule has 28 heavy (non-hydrogen) atoms. The third-order valence-electron chi connectivity index (χ3n) is 6.20. The lowest BCUT2D eigenvalue weighted by molar-refractivity contribution is 0.535. The van der Waals surface area contributed by atoms with E-state index in [1.54, 1.807) is 6.07 Å². The average molecular weight is 379 g/mol. The summed E-state index contributed by atoms with van der Waals surface area (Å²) in [5.74, 6) is -0.183. The molecule has 1 unspecified atom stereocenters. The molecule has 0 nitrogen and oxygen atoms in total. The summed E-state index contributed by atoms with van der Waals surface area (Å²) in [4.78, 5) is 0. The summed E-state index contributed by atoms with van der Waals surface area (Å²) in [7, 11) is 0. The van der Waals surface area contributed by atoms with Gasteiger partial charge in [0.2, 0.25) is 0 Å². The van der Waals surface area contributed by atoms with E-state index in [0.29, 0.717) is 11.8 Å². The van der Waals surface area contributed by atoms with Crippen LogP contribution >= 0.6 is 0 Å². The number of hydrogen-bond donors (Lipinski definition) is 0. The Balaban J connectivity index is 1.56. The summed E-state index contributed by atoms with van der Waals surface area (Å²) in [6.07, 6.45) is 8.54. The second-order valence-electron chi connectivity index (χ2n) is 8.19. The van der Waals surface area contributed by atoms with Gasteiger partial charge in [-0.25, -0.2) is 8.78 Å². The van der Waals surface area contributed by atoms with Crippen molar-refractivity contribution in [3.05, 3.63) is 82.4 Å². The predicted octanol–water partition coefficient (Wildman–Crippen LogP) is 7.51. The first-order valence-electron chi connectivity index (χ1n) is 10.6. The zero-order valence-corrected chi connectivity index (χ0v) is 16.6. The van der Waals surface area contributed by atoms with E-state index in [4.69, 9.17) is 0 Å². The van der Waals surface area contributed by atoms with Crippen LogP contribution in [0, 0.1) is 11.6 Å². The van der Waals surface area contributed by atoms with Crippen LogP contribution in [0.3, 0.4) is 0 Å². The van der Waals surface area contributed by atoms with Crippen LogP contribution in [0.4, 0.5) is 8.78 Å². The molecule has 0 N–H and O–H groups in total. The lowest BCUT2D eigenvalue weighted by Gasteiger charge is -2.25. The monoisotopic (exact) mass is 378 g/mol. The lowest BCUT2D eigenvalue weighted by atomic mass is 9.79. The fraction of sp³-hybridized carbons (Fsp3) is 0.385. The maximum Gasteiger partial charge on any atom is 0.134 e. The van der Waals surface area contributed by atoms with Crippen LogP contribution in [0.1, 0.15) is 67.2 Å². The van der Waals surface area contributed by atoms with Crippen LogP contribution in [0.15, 0.2) is 48.5 Å². The first kappa shape index (κ1) is 19.1. The van der Waals surface area contributed by atoms with Crippen molar-refractivity contribution >= 4 is 10.8 Å². The minimum atomic E-state index is -0.204. The van der Waals surface area contributed by atoms with Crippen molar-refractivity contribution in [2.45, 2.75) is 64.2 Å². The molecule has 1 aliphatic rings. The van der Waals surface area contributed by atoms with Gasteiger partial charge >= 0.3 is 0 Å². The smallest absolute Gasteiger partial charge is 0.134 e. The Labute approximate surface area is 166 Å². The van der Waals surface area contributed by atoms with Crippen LogP contribution < -0.4 is 0 Å². The summed E-state index contributed by atoms with van der Waals surface area (Å²) < 4.78 is 28.9. The Kier molecular flexibility index (Phi) is 5.75. The van der Waals surface area contributed by atoms with Crippen molar-refractivity contribution in [2.24, 2.45) is 0 Å². The molecule has 0 bridgehead atoms. The molecule has 0 fully saturated rings. The number of benzene rings is 3. The molecule has 0 spiro atoms. The average Bonchev–Trinajstić information content (AvgIpc) is 2.71. The second-order valence-corrected chi connectivity index (χ2v) is 8.19. The van der Waals surface area contributed by atoms with E-state index in [1.165, 1.54) is 42.9 Å². The van der Waals surface area contributed by atoms with E-state index in [2.05, 4.69) is 25.1 Å². The number of aryl methyl sites for hydroxylation is 2. The molecule has 1 aliphatic carbocycles. The molecule has 1 atom stereocenters. The van der Waals surface area contributed by atoms with Crippen molar-refractivity contribution in [1.82, 2.24) is 0 Å². The summed E-state index contributed by atoms with van der Waals surface area (Å²) in [6.45, 7) is 2.22. The van der Waals surface area contributed by atoms with Gasteiger partial charge in [-0.1, -0.05) is 62.6 Å². The van der Waals surface area contributed by atoms with Crippen molar-refractivity contribution < 1.29 is 8.78 Å². The van der Waals surface area contributed by atoms with Crippen molar-refractivity contribution in [2.75, 3.05) is 0 Å². The molecule has 0 saturated heterocycles. The molecule has 146 valence electrons. The van der Waals surface area contributed by atoms with Gasteiger partial charge < -0.3 is 0 Å². The normalized spacial score (nSPS) is 16.3. The van der Waals surface area contributed by atoms with Crippen molar-refractivity contribution in [3.8, 4) is 0 Å². The Morgan fingerprint density at radius 3 is 2.64 bits per heavy atom. The van der Waals surface area contributed by atoms with Crippen LogP contribution in [-0.2, 0) is 19.3 Å². The maximum absolute atomic E-state index is 15.3. The first-order chi connectivity index (χ1) is 13.7. The molecule has 2 heteroatoms. The maximum atomic E-state index is 15.3. The fourth-order valence-corrected chi connectivity index (χ4v) is 4.58. The lowest BCUT2D eigenvalue weighted by Crippen LogP contribution is -2.14. The van der Waals surface area contributed by atoms with E-state index in [0.717, 1.165) is 35.8 Å². The van der Waals surface area contributed by atoms with Gasteiger partial charge in [0.1, 0.15) is 11.6 Å². The highest BCUT2D eigenvalue weighted by Crippen LogP contribution is 2.36. The third kappa shape index (κ3) is 3.97. The van der Waals surface area contributed by atoms with Gasteiger partial charge in [-0.15, -0.1) is 0 Å². The number of rotatable bonds is 6. The number of fused-ring (bicyclic) bond motifs is 2. The summed E-state index contributed by atoms with van der Waals surface area (Å²) in [5.41, 5.74) is 4.29. The van der Waals surface area contributed by atoms with Crippen molar-refractivity contribution in [3.63, 3.8) is 0 Å². The van der Waals surface area contributed by atoms with Crippen LogP contribution in [0.2, 0.25) is 0 Å². The van der Waals surface area contributed by atoms with Gasteiger partial charge in [0.05, 0.1) is 0 Å². The number of unbranched alkanes of at least 4 members (excludes halogenated alkanes) is 3. The molecule has 0 saturated carbocycles. The summed E-state index contributed by atoms with van der Waals surface area (Å²) in [6, 6.07) is 15.2. The van der Waals surface area contributed by atoms with Gasteiger partial charge in [0, 0.05) is 5.39 Å². The minimum absolute atomic E-state index is 0.0973. The Bertz CT molecular complexity index is 974. The highest BCUT2D eigenvalue weighted by atomic mass is 19.1. The summed E-state index contributed by atoms with van der Waals surface area (Å²) in [5, 5.41) is 1.69. The van der Waals surface area contributed by atoms with E-state index < -0.39 is 0 Å². The third-order valence-corrected chi connectivity index (χ3v) is 6.20. The molecule has 0 aromatic heterocycles. The van der Waals surface area contributed by atoms with Gasteiger partial charge in [-0.05, 0) is 77.8 Å². The molecule has 0 heterocycles. The largest absolute Gasteiger partial charge is 0.207 e. The van der Waals surface area contributed by atoms with Gasteiger partial charge in [0.15, 0.2) is 0 Å². The van der Waals surface area contributed by atoms with Crippen LogP contribution in [0.5, 0.6) is 0 Å².